The molecule has 0 saturated heterocycles. The van der Waals surface area contributed by atoms with Gasteiger partial charge in [0.15, 0.2) is 0 Å². The van der Waals surface area contributed by atoms with Gasteiger partial charge >= 0.3 is 12.1 Å². The first-order chi connectivity index (χ1) is 21.8. The molecule has 0 saturated carbocycles. The van der Waals surface area contributed by atoms with Crippen LogP contribution in [0.5, 0.6) is 5.75 Å². The van der Waals surface area contributed by atoms with E-state index < -0.39 is 35.7 Å². The van der Waals surface area contributed by atoms with Crippen LogP contribution in [0.15, 0.2) is 78.9 Å². The molecule has 0 spiro atoms. The van der Waals surface area contributed by atoms with Crippen molar-refractivity contribution in [1.29, 1.82) is 0 Å². The van der Waals surface area contributed by atoms with E-state index in [1.807, 2.05) is 32.9 Å². The average Bonchev–Trinajstić information content (AvgIpc) is 3.00. The van der Waals surface area contributed by atoms with Crippen LogP contribution in [0.25, 0.3) is 0 Å². The molecule has 1 atom stereocenters. The Bertz CT molecular complexity index is 1550. The number of benzene rings is 3. The van der Waals surface area contributed by atoms with Gasteiger partial charge in [-0.25, -0.2) is 9.80 Å². The van der Waals surface area contributed by atoms with Gasteiger partial charge in [0.1, 0.15) is 5.75 Å². The van der Waals surface area contributed by atoms with Gasteiger partial charge in [0.05, 0.1) is 19.1 Å². The van der Waals surface area contributed by atoms with Crippen LogP contribution in [0.3, 0.4) is 0 Å². The van der Waals surface area contributed by atoms with Crippen molar-refractivity contribution in [2.75, 3.05) is 7.11 Å². The maximum atomic E-state index is 14.4. The normalized spacial score (nSPS) is 11.9. The van der Waals surface area contributed by atoms with Crippen molar-refractivity contribution in [3.05, 3.63) is 112 Å². The van der Waals surface area contributed by atoms with E-state index in [9.17, 15) is 19.2 Å². The molecule has 9 heteroatoms. The molecule has 3 aromatic carbocycles. The number of aryl methyl sites for hydroxylation is 2. The summed E-state index contributed by atoms with van der Waals surface area (Å²) in [5.41, 5.74) is 1.81. The van der Waals surface area contributed by atoms with Crippen LogP contribution in [0.4, 0.5) is 4.79 Å². The smallest absolute Gasteiger partial charge is 0.439 e. The summed E-state index contributed by atoms with van der Waals surface area (Å²) in [6.45, 7) is 12.5. The lowest BCUT2D eigenvalue weighted by molar-refractivity contribution is -0.171. The van der Waals surface area contributed by atoms with Crippen molar-refractivity contribution in [3.8, 4) is 5.75 Å². The topological polar surface area (TPSA) is 102 Å². The highest BCUT2D eigenvalue weighted by Crippen LogP contribution is 2.29. The molecule has 46 heavy (non-hydrogen) atoms. The molecule has 9 nitrogen and oxygen atoms in total. The lowest BCUT2D eigenvalue weighted by atomic mass is 10.0. The van der Waals surface area contributed by atoms with Gasteiger partial charge in [-0.2, -0.15) is 0 Å². The van der Waals surface area contributed by atoms with E-state index in [4.69, 9.17) is 14.2 Å². The maximum absolute atomic E-state index is 14.4. The molecule has 0 aromatic heterocycles. The summed E-state index contributed by atoms with van der Waals surface area (Å²) in [4.78, 5) is 55.9. The highest BCUT2D eigenvalue weighted by atomic mass is 16.7. The minimum Gasteiger partial charge on any atom is -0.496 e. The van der Waals surface area contributed by atoms with Crippen molar-refractivity contribution in [2.45, 2.75) is 79.6 Å². The third-order valence-corrected chi connectivity index (χ3v) is 7.02. The zero-order chi connectivity index (χ0) is 34.0. The minimum atomic E-state index is -1.50. The van der Waals surface area contributed by atoms with Gasteiger partial charge in [-0.3, -0.25) is 14.4 Å². The van der Waals surface area contributed by atoms with Gasteiger partial charge in [-0.15, -0.1) is 5.01 Å². The molecule has 244 valence electrons. The fourth-order valence-electron chi connectivity index (χ4n) is 4.90. The predicted molar refractivity (Wildman–Crippen MR) is 176 cm³/mol. The second-order valence-corrected chi connectivity index (χ2v) is 12.0. The van der Waals surface area contributed by atoms with Gasteiger partial charge in [0.25, 0.3) is 18.1 Å². The first kappa shape index (κ1) is 35.6. The van der Waals surface area contributed by atoms with Crippen LogP contribution in [-0.4, -0.2) is 46.5 Å². The van der Waals surface area contributed by atoms with E-state index in [2.05, 4.69) is 0 Å². The highest BCUT2D eigenvalue weighted by molar-refractivity contribution is 6.07. The van der Waals surface area contributed by atoms with Gasteiger partial charge in [-0.1, -0.05) is 79.1 Å². The van der Waals surface area contributed by atoms with E-state index in [1.165, 1.54) is 7.11 Å². The summed E-state index contributed by atoms with van der Waals surface area (Å²) in [7, 11) is 1.48. The number of unbranched alkanes of at least 4 members (excludes halogenated alkanes) is 1. The number of hydrogen-bond acceptors (Lipinski definition) is 7. The molecule has 0 N–H and O–H groups in total. The molecule has 1 unspecified atom stereocenters. The third-order valence-electron chi connectivity index (χ3n) is 7.02. The number of allylic oxidation sites excluding steroid dienone is 1. The minimum absolute atomic E-state index is 0.0359. The van der Waals surface area contributed by atoms with Gasteiger partial charge in [0.2, 0.25) is 0 Å². The number of methoxy groups -OCH3 is 1. The summed E-state index contributed by atoms with van der Waals surface area (Å²) >= 11 is 0. The first-order valence-corrected chi connectivity index (χ1v) is 15.3. The molecule has 3 aromatic rings. The van der Waals surface area contributed by atoms with Crippen molar-refractivity contribution in [3.63, 3.8) is 0 Å². The van der Waals surface area contributed by atoms with E-state index in [1.54, 1.807) is 94.4 Å². The van der Waals surface area contributed by atoms with Crippen LogP contribution in [-0.2, 0) is 14.3 Å². The standard InChI is InChI=1S/C37H44N2O7/c1-9-10-11-15-21-32(40)45-35(28-17-13-12-14-18-28)46-36(43)38(34(42)30-19-16-20-31(44-8)27(30)4)39(37(5,6)7)33(41)29-23-25(2)22-26(3)24-29/h11-20,22-24,35H,9-10,21H2,1-8H3/b15-11+. The lowest BCUT2D eigenvalue weighted by Crippen LogP contribution is -2.60. The maximum Gasteiger partial charge on any atom is 0.439 e. The van der Waals surface area contributed by atoms with E-state index >= 15 is 0 Å². The van der Waals surface area contributed by atoms with Crippen molar-refractivity contribution < 1.29 is 33.4 Å². The van der Waals surface area contributed by atoms with Gasteiger partial charge < -0.3 is 14.2 Å². The van der Waals surface area contributed by atoms with Crippen LogP contribution in [0.2, 0.25) is 0 Å². The Hall–Kier alpha value is -4.92. The second kappa shape index (κ2) is 15.9. The van der Waals surface area contributed by atoms with Crippen LogP contribution < -0.4 is 4.74 Å². The molecular weight excluding hydrogens is 584 g/mol. The number of esters is 1. The predicted octanol–water partition coefficient (Wildman–Crippen LogP) is 8.04. The molecule has 0 radical (unpaired) electrons. The SMILES string of the molecule is CCC/C=C/CC(=O)OC(OC(=O)N(C(=O)c1cccc(OC)c1C)N(C(=O)c1cc(C)cc(C)c1)C(C)(C)C)c1ccccc1. The fourth-order valence-corrected chi connectivity index (χ4v) is 4.90. The second-order valence-electron chi connectivity index (χ2n) is 12.0. The number of nitrogens with zero attached hydrogens (tertiary/aromatic N) is 2. The largest absolute Gasteiger partial charge is 0.496 e. The Balaban J connectivity index is 2.15. The quantitative estimate of drug-likeness (QED) is 0.0969. The van der Waals surface area contributed by atoms with Crippen LogP contribution in [0, 0.1) is 20.8 Å². The summed E-state index contributed by atoms with van der Waals surface area (Å²) in [6.07, 6.45) is 2.57. The fraction of sp³-hybridized carbons (Fsp3) is 0.351. The zero-order valence-corrected chi connectivity index (χ0v) is 28.0. The first-order valence-electron chi connectivity index (χ1n) is 15.3. The van der Waals surface area contributed by atoms with Crippen molar-refractivity contribution >= 4 is 23.9 Å². The lowest BCUT2D eigenvalue weighted by Gasteiger charge is -2.42. The van der Waals surface area contributed by atoms with Crippen LogP contribution in [0.1, 0.15) is 96.2 Å². The molecule has 3 rings (SSSR count). The molecule has 0 bridgehead atoms. The Morgan fingerprint density at radius 2 is 1.48 bits per heavy atom. The Kier molecular flexibility index (Phi) is 12.3. The third kappa shape index (κ3) is 9.06. The monoisotopic (exact) mass is 628 g/mol. The number of rotatable bonds is 10. The summed E-state index contributed by atoms with van der Waals surface area (Å²) in [6, 6.07) is 18.6. The van der Waals surface area contributed by atoms with Crippen molar-refractivity contribution in [2.24, 2.45) is 0 Å². The Morgan fingerprint density at radius 3 is 2.07 bits per heavy atom. The Morgan fingerprint density at radius 1 is 0.826 bits per heavy atom. The van der Waals surface area contributed by atoms with Gasteiger partial charge in [0, 0.05) is 22.3 Å². The number of imide groups is 1. The van der Waals surface area contributed by atoms with E-state index in [-0.39, 0.29) is 17.5 Å². The number of hydrazine groups is 1. The summed E-state index contributed by atoms with van der Waals surface area (Å²) in [5, 5.41) is 1.77. The summed E-state index contributed by atoms with van der Waals surface area (Å²) in [5.74, 6) is -1.63. The number of ether oxygens (including phenoxy) is 3. The molecule has 0 aliphatic rings. The molecule has 3 amide bonds. The van der Waals surface area contributed by atoms with Gasteiger partial charge in [-0.05, 0) is 72.2 Å². The Labute approximate surface area is 271 Å². The zero-order valence-electron chi connectivity index (χ0n) is 28.0. The number of carbonyl (C=O) groups excluding carboxylic acids is 4. The molecule has 0 heterocycles. The van der Waals surface area contributed by atoms with E-state index in [0.29, 0.717) is 21.9 Å². The summed E-state index contributed by atoms with van der Waals surface area (Å²) < 4.78 is 16.9. The molecule has 0 aliphatic carbocycles. The number of amides is 3. The molecule has 0 aliphatic heterocycles. The molecular formula is C37H44N2O7. The average molecular weight is 629 g/mol. The van der Waals surface area contributed by atoms with E-state index in [0.717, 1.165) is 29.0 Å². The van der Waals surface area contributed by atoms with Crippen molar-refractivity contribution in [1.82, 2.24) is 10.0 Å². The highest BCUT2D eigenvalue weighted by Gasteiger charge is 2.42. The number of hydrogen-bond donors (Lipinski definition) is 0. The number of carbonyl (C=O) groups is 4. The molecule has 0 fully saturated rings. The van der Waals surface area contributed by atoms with Crippen LogP contribution >= 0.6 is 0 Å².